The lowest BCUT2D eigenvalue weighted by Crippen LogP contribution is -2.63. The van der Waals surface area contributed by atoms with E-state index in [1.165, 1.54) is 37.1 Å². The Kier molecular flexibility index (Phi) is 9.46. The molecular weight excluding hydrogens is 652 g/mol. The van der Waals surface area contributed by atoms with Crippen LogP contribution in [0.1, 0.15) is 18.4 Å². The third-order valence-electron chi connectivity index (χ3n) is 8.09. The number of imidazole rings is 1. The standard InChI is InChI=1S/C32H30F4N8O5/c33-21-11-25(47-17-48-31(46)49-19-5-2-1-3-6-19)22(34)10-20(21)23-9-18(13-44-16-42-26-29(37)40-15-41-30(26)44)24(12-39-23)43-8-4-7-32(38,14-43)27(45)28(35)36/h1-3,5-6,9-12,15-16,27-28,45H,4,7-8,13-14,17,38H2,(H2,37,40,41)/t27-,32-/m1/s1. The Morgan fingerprint density at radius 2 is 1.86 bits per heavy atom. The Hall–Kier alpha value is -5.55. The van der Waals surface area contributed by atoms with E-state index < -0.39 is 48.4 Å². The molecule has 1 aliphatic heterocycles. The fraction of sp³-hybridized carbons (Fsp3) is 0.281. The SMILES string of the molecule is Nc1ncnc2c1ncn2Cc1cc(-c2cc(F)c(OCOC(=O)Oc3ccccc3)cc2F)ncc1N1CCC[C@](N)([C@H](O)C(F)F)C1. The first-order valence-corrected chi connectivity index (χ1v) is 14.9. The number of ether oxygens (including phenoxy) is 3. The molecule has 0 amide bonds. The lowest BCUT2D eigenvalue weighted by molar-refractivity contribution is -0.0529. The minimum Gasteiger partial charge on any atom is -0.454 e. The Bertz CT molecular complexity index is 1970. The molecule has 3 aromatic heterocycles. The average molecular weight is 683 g/mol. The highest BCUT2D eigenvalue weighted by Gasteiger charge is 2.43. The third kappa shape index (κ3) is 7.17. The lowest BCUT2D eigenvalue weighted by atomic mass is 9.84. The second-order valence-corrected chi connectivity index (χ2v) is 11.4. The van der Waals surface area contributed by atoms with Gasteiger partial charge in [-0.05, 0) is 42.7 Å². The molecule has 17 heteroatoms. The van der Waals surface area contributed by atoms with Crippen molar-refractivity contribution in [3.8, 4) is 22.8 Å². The summed E-state index contributed by atoms with van der Waals surface area (Å²) < 4.78 is 74.2. The van der Waals surface area contributed by atoms with Crippen LogP contribution in [0.25, 0.3) is 22.4 Å². The van der Waals surface area contributed by atoms with Crippen LogP contribution in [0.15, 0.2) is 67.4 Å². The molecular formula is C32H30F4N8O5. The number of rotatable bonds is 10. The first kappa shape index (κ1) is 33.4. The zero-order valence-corrected chi connectivity index (χ0v) is 25.7. The van der Waals surface area contributed by atoms with Gasteiger partial charge >= 0.3 is 6.16 Å². The number of anilines is 2. The number of alkyl halides is 2. The summed E-state index contributed by atoms with van der Waals surface area (Å²) >= 11 is 0. The fourth-order valence-corrected chi connectivity index (χ4v) is 5.65. The van der Waals surface area contributed by atoms with Gasteiger partial charge in [-0.3, -0.25) is 4.98 Å². The first-order valence-electron chi connectivity index (χ1n) is 14.9. The molecule has 0 radical (unpaired) electrons. The molecule has 0 saturated carbocycles. The molecule has 6 rings (SSSR count). The number of benzene rings is 2. The van der Waals surface area contributed by atoms with E-state index >= 15 is 8.78 Å². The van der Waals surface area contributed by atoms with Gasteiger partial charge in [0.1, 0.15) is 29.5 Å². The summed E-state index contributed by atoms with van der Waals surface area (Å²) in [7, 11) is 0. The first-order chi connectivity index (χ1) is 23.5. The van der Waals surface area contributed by atoms with Crippen molar-refractivity contribution in [2.45, 2.75) is 37.5 Å². The van der Waals surface area contributed by atoms with E-state index in [1.54, 1.807) is 27.7 Å². The molecule has 5 N–H and O–H groups in total. The van der Waals surface area contributed by atoms with E-state index in [2.05, 4.69) is 19.9 Å². The third-order valence-corrected chi connectivity index (χ3v) is 8.09. The molecule has 0 bridgehead atoms. The van der Waals surface area contributed by atoms with E-state index in [1.807, 2.05) is 0 Å². The maximum absolute atomic E-state index is 15.5. The number of carbonyl (C=O) groups is 1. The lowest BCUT2D eigenvalue weighted by Gasteiger charge is -2.44. The molecule has 1 aliphatic rings. The Morgan fingerprint density at radius 1 is 1.06 bits per heavy atom. The Balaban J connectivity index is 1.28. The van der Waals surface area contributed by atoms with Gasteiger partial charge in [0, 0.05) is 24.7 Å². The van der Waals surface area contributed by atoms with Gasteiger partial charge in [-0.2, -0.15) is 0 Å². The number of aliphatic hydroxyl groups excluding tert-OH is 1. The van der Waals surface area contributed by atoms with Crippen LogP contribution in [0.5, 0.6) is 11.5 Å². The maximum atomic E-state index is 15.5. The number of hydrogen-bond donors (Lipinski definition) is 3. The summed E-state index contributed by atoms with van der Waals surface area (Å²) in [5, 5.41) is 10.2. The van der Waals surface area contributed by atoms with Crippen molar-refractivity contribution in [1.29, 1.82) is 0 Å². The number of carbonyl (C=O) groups excluding carboxylic acids is 1. The van der Waals surface area contributed by atoms with Gasteiger partial charge in [-0.15, -0.1) is 0 Å². The highest BCUT2D eigenvalue weighted by Crippen LogP contribution is 2.35. The molecule has 5 aromatic rings. The van der Waals surface area contributed by atoms with Crippen LogP contribution >= 0.6 is 0 Å². The van der Waals surface area contributed by atoms with Crippen LogP contribution in [-0.2, 0) is 11.3 Å². The summed E-state index contributed by atoms with van der Waals surface area (Å²) in [6, 6.07) is 11.3. The second-order valence-electron chi connectivity index (χ2n) is 11.4. The van der Waals surface area contributed by atoms with Crippen molar-refractivity contribution >= 4 is 28.8 Å². The number of fused-ring (bicyclic) bond motifs is 1. The smallest absolute Gasteiger partial charge is 0.454 e. The van der Waals surface area contributed by atoms with E-state index in [4.69, 9.17) is 25.7 Å². The van der Waals surface area contributed by atoms with E-state index in [0.29, 0.717) is 35.4 Å². The van der Waals surface area contributed by atoms with Crippen LogP contribution in [0.4, 0.5) is 33.9 Å². The van der Waals surface area contributed by atoms with E-state index in [-0.39, 0.29) is 42.3 Å². The van der Waals surface area contributed by atoms with Crippen molar-refractivity contribution < 1.29 is 41.7 Å². The zero-order chi connectivity index (χ0) is 34.7. The van der Waals surface area contributed by atoms with Crippen LogP contribution in [-0.4, -0.2) is 73.7 Å². The average Bonchev–Trinajstić information content (AvgIpc) is 3.50. The molecule has 4 heterocycles. The fourth-order valence-electron chi connectivity index (χ4n) is 5.65. The monoisotopic (exact) mass is 682 g/mol. The molecule has 0 aliphatic carbocycles. The molecule has 13 nitrogen and oxygen atoms in total. The molecule has 0 unspecified atom stereocenters. The predicted octanol–water partition coefficient (Wildman–Crippen LogP) is 4.27. The van der Waals surface area contributed by atoms with Crippen molar-refractivity contribution in [2.75, 3.05) is 30.5 Å². The van der Waals surface area contributed by atoms with Crippen molar-refractivity contribution in [3.63, 3.8) is 0 Å². The van der Waals surface area contributed by atoms with Gasteiger partial charge in [0.15, 0.2) is 23.0 Å². The van der Waals surface area contributed by atoms with Gasteiger partial charge in [-0.1, -0.05) is 18.2 Å². The van der Waals surface area contributed by atoms with Crippen LogP contribution in [0, 0.1) is 11.6 Å². The van der Waals surface area contributed by atoms with Gasteiger partial charge in [0.05, 0.1) is 36.0 Å². The summed E-state index contributed by atoms with van der Waals surface area (Å²) in [5.74, 6) is -2.02. The Labute approximate surface area is 276 Å². The molecule has 1 saturated heterocycles. The van der Waals surface area contributed by atoms with E-state index in [9.17, 15) is 18.7 Å². The van der Waals surface area contributed by atoms with Gasteiger partial charge in [0.2, 0.25) is 6.79 Å². The number of hydrogen-bond acceptors (Lipinski definition) is 12. The number of nitrogens with two attached hydrogens (primary N) is 2. The zero-order valence-electron chi connectivity index (χ0n) is 25.7. The van der Waals surface area contributed by atoms with Crippen LogP contribution in [0.2, 0.25) is 0 Å². The van der Waals surface area contributed by atoms with Crippen LogP contribution in [0.3, 0.4) is 0 Å². The number of nitrogens with zero attached hydrogens (tertiary/aromatic N) is 6. The van der Waals surface area contributed by atoms with Gasteiger partial charge in [0.25, 0.3) is 6.43 Å². The number of nitrogen functional groups attached to an aromatic ring is 1. The maximum Gasteiger partial charge on any atom is 0.516 e. The largest absolute Gasteiger partial charge is 0.516 e. The molecule has 256 valence electrons. The topological polar surface area (TPSA) is 177 Å². The minimum atomic E-state index is -3.05. The van der Waals surface area contributed by atoms with Crippen molar-refractivity contribution in [3.05, 3.63) is 84.6 Å². The predicted molar refractivity (Wildman–Crippen MR) is 168 cm³/mol. The number of aliphatic hydroxyl groups is 1. The van der Waals surface area contributed by atoms with Crippen molar-refractivity contribution in [2.24, 2.45) is 5.73 Å². The summed E-state index contributed by atoms with van der Waals surface area (Å²) in [6.45, 7) is -0.407. The molecule has 0 spiro atoms. The highest BCUT2D eigenvalue weighted by molar-refractivity contribution is 5.81. The molecule has 49 heavy (non-hydrogen) atoms. The molecule has 2 atom stereocenters. The van der Waals surface area contributed by atoms with E-state index in [0.717, 1.165) is 12.1 Å². The second kappa shape index (κ2) is 13.9. The van der Waals surface area contributed by atoms with Crippen LogP contribution < -0.4 is 25.8 Å². The number of para-hydroxylation sites is 1. The quantitative estimate of drug-likeness (QED) is 0.0827. The number of halogens is 4. The number of aromatic nitrogens is 5. The number of pyridine rings is 1. The normalized spacial score (nSPS) is 16.9. The summed E-state index contributed by atoms with van der Waals surface area (Å²) in [6.07, 6.45) is -1.51. The highest BCUT2D eigenvalue weighted by atomic mass is 19.3. The van der Waals surface area contributed by atoms with Gasteiger partial charge in [-0.25, -0.2) is 37.3 Å². The summed E-state index contributed by atoms with van der Waals surface area (Å²) in [5.41, 5.74) is 12.1. The Morgan fingerprint density at radius 3 is 2.63 bits per heavy atom. The minimum absolute atomic E-state index is 0.0339. The summed E-state index contributed by atoms with van der Waals surface area (Å²) in [4.78, 5) is 30.5. The molecule has 2 aromatic carbocycles. The molecule has 1 fully saturated rings. The van der Waals surface area contributed by atoms with Crippen molar-refractivity contribution in [1.82, 2.24) is 24.5 Å². The van der Waals surface area contributed by atoms with Gasteiger partial charge < -0.3 is 40.3 Å². The number of piperidine rings is 1.